The zero-order valence-corrected chi connectivity index (χ0v) is 20.4. The summed E-state index contributed by atoms with van der Waals surface area (Å²) in [7, 11) is -3.69. The molecule has 0 saturated carbocycles. The molecule has 1 atom stereocenters. The Labute approximate surface area is 198 Å². The van der Waals surface area contributed by atoms with Crippen molar-refractivity contribution in [1.29, 1.82) is 0 Å². The Morgan fingerprint density at radius 1 is 1.00 bits per heavy atom. The summed E-state index contributed by atoms with van der Waals surface area (Å²) in [6.45, 7) is 5.99. The van der Waals surface area contributed by atoms with E-state index in [1.807, 2.05) is 69.3 Å². The van der Waals surface area contributed by atoms with Gasteiger partial charge in [0.1, 0.15) is 0 Å². The molecule has 0 aliphatic carbocycles. The van der Waals surface area contributed by atoms with E-state index in [1.165, 1.54) is 15.6 Å². The van der Waals surface area contributed by atoms with Crippen LogP contribution in [-0.4, -0.2) is 20.9 Å². The average Bonchev–Trinajstić information content (AvgIpc) is 3.24. The molecule has 1 unspecified atom stereocenters. The van der Waals surface area contributed by atoms with Gasteiger partial charge in [-0.05, 0) is 68.1 Å². The van der Waals surface area contributed by atoms with Gasteiger partial charge >= 0.3 is 0 Å². The number of fused-ring (bicyclic) bond motifs is 1. The Bertz CT molecular complexity index is 1380. The van der Waals surface area contributed by atoms with Crippen molar-refractivity contribution in [2.45, 2.75) is 31.7 Å². The van der Waals surface area contributed by atoms with Crippen molar-refractivity contribution < 1.29 is 13.2 Å². The Hall–Kier alpha value is -3.16. The molecule has 1 N–H and O–H groups in total. The van der Waals surface area contributed by atoms with Crippen LogP contribution in [0.4, 0.5) is 5.69 Å². The maximum absolute atomic E-state index is 13.2. The van der Waals surface area contributed by atoms with Gasteiger partial charge in [-0.3, -0.25) is 9.10 Å². The minimum Gasteiger partial charge on any atom is -0.345 e. The van der Waals surface area contributed by atoms with Gasteiger partial charge < -0.3 is 5.32 Å². The second-order valence-electron chi connectivity index (χ2n) is 7.92. The van der Waals surface area contributed by atoms with E-state index in [2.05, 4.69) is 5.32 Å². The van der Waals surface area contributed by atoms with Gasteiger partial charge in [0, 0.05) is 11.2 Å². The summed E-state index contributed by atoms with van der Waals surface area (Å²) in [6, 6.07) is 23.9. The van der Waals surface area contributed by atoms with Crippen molar-refractivity contribution >= 4 is 43.0 Å². The minimum atomic E-state index is -3.69. The summed E-state index contributed by atoms with van der Waals surface area (Å²) in [6.07, 6.45) is 0. The maximum Gasteiger partial charge on any atom is 0.264 e. The zero-order chi connectivity index (χ0) is 23.6. The number of carbonyl (C=O) groups excluding carboxylic acids is 1. The molecule has 0 aliphatic rings. The van der Waals surface area contributed by atoms with Crippen LogP contribution >= 0.6 is 11.3 Å². The van der Waals surface area contributed by atoms with Crippen molar-refractivity contribution in [3.63, 3.8) is 0 Å². The number of benzene rings is 3. The number of carbonyl (C=O) groups is 1. The third-order valence-corrected chi connectivity index (χ3v) is 8.59. The molecule has 7 heteroatoms. The van der Waals surface area contributed by atoms with Gasteiger partial charge in [0.15, 0.2) is 0 Å². The van der Waals surface area contributed by atoms with E-state index >= 15 is 0 Å². The van der Waals surface area contributed by atoms with E-state index in [1.54, 1.807) is 30.3 Å². The SMILES string of the molecule is CCN(c1ccc2sc(C(=O)NC(C)c3ccccc3)cc2c1)S(=O)(=O)c1ccc(C)cc1. The van der Waals surface area contributed by atoms with Crippen LogP contribution in [0.3, 0.4) is 0 Å². The molecule has 0 bridgehead atoms. The first-order chi connectivity index (χ1) is 15.8. The number of nitrogens with zero attached hydrogens (tertiary/aromatic N) is 1. The van der Waals surface area contributed by atoms with E-state index in [-0.39, 0.29) is 16.8 Å². The molecule has 1 amide bonds. The minimum absolute atomic E-state index is 0.116. The summed E-state index contributed by atoms with van der Waals surface area (Å²) in [4.78, 5) is 13.7. The fourth-order valence-electron chi connectivity index (χ4n) is 3.72. The van der Waals surface area contributed by atoms with Crippen molar-refractivity contribution in [2.75, 3.05) is 10.8 Å². The number of rotatable bonds is 7. The lowest BCUT2D eigenvalue weighted by molar-refractivity contribution is 0.0944. The topological polar surface area (TPSA) is 66.5 Å². The highest BCUT2D eigenvalue weighted by molar-refractivity contribution is 7.92. The highest BCUT2D eigenvalue weighted by Gasteiger charge is 2.24. The fourth-order valence-corrected chi connectivity index (χ4v) is 6.13. The van der Waals surface area contributed by atoms with Crippen molar-refractivity contribution in [2.24, 2.45) is 0 Å². The third-order valence-electron chi connectivity index (χ3n) is 5.56. The number of thiophene rings is 1. The summed E-state index contributed by atoms with van der Waals surface area (Å²) < 4.78 is 28.8. The van der Waals surface area contributed by atoms with E-state index in [9.17, 15) is 13.2 Å². The number of hydrogen-bond donors (Lipinski definition) is 1. The molecule has 5 nitrogen and oxygen atoms in total. The van der Waals surface area contributed by atoms with Crippen LogP contribution in [0.5, 0.6) is 0 Å². The number of sulfonamides is 1. The van der Waals surface area contributed by atoms with Gasteiger partial charge in [-0.1, -0.05) is 48.0 Å². The first-order valence-electron chi connectivity index (χ1n) is 10.8. The fraction of sp³-hybridized carbons (Fsp3) is 0.192. The summed E-state index contributed by atoms with van der Waals surface area (Å²) >= 11 is 1.40. The van der Waals surface area contributed by atoms with Gasteiger partial charge in [0.2, 0.25) is 0 Å². The smallest absolute Gasteiger partial charge is 0.264 e. The van der Waals surface area contributed by atoms with Gasteiger partial charge in [-0.15, -0.1) is 11.3 Å². The van der Waals surface area contributed by atoms with Crippen LogP contribution in [0, 0.1) is 6.92 Å². The first kappa shape index (κ1) is 23.0. The lowest BCUT2D eigenvalue weighted by Crippen LogP contribution is -2.30. The predicted molar refractivity (Wildman–Crippen MR) is 136 cm³/mol. The second-order valence-corrected chi connectivity index (χ2v) is 10.9. The van der Waals surface area contributed by atoms with Gasteiger partial charge in [-0.25, -0.2) is 8.42 Å². The molecular weight excluding hydrogens is 452 g/mol. The Balaban J connectivity index is 1.60. The molecular formula is C26H26N2O3S2. The summed E-state index contributed by atoms with van der Waals surface area (Å²) in [5, 5.41) is 3.88. The highest BCUT2D eigenvalue weighted by Crippen LogP contribution is 2.32. The molecule has 0 aliphatic heterocycles. The average molecular weight is 479 g/mol. The molecule has 170 valence electrons. The number of amides is 1. The number of nitrogens with one attached hydrogen (secondary N) is 1. The molecule has 0 radical (unpaired) electrons. The Morgan fingerprint density at radius 2 is 1.70 bits per heavy atom. The van der Waals surface area contributed by atoms with Crippen LogP contribution < -0.4 is 9.62 Å². The predicted octanol–water partition coefficient (Wildman–Crippen LogP) is 5.92. The molecule has 4 rings (SSSR count). The monoisotopic (exact) mass is 478 g/mol. The van der Waals surface area contributed by atoms with Gasteiger partial charge in [0.05, 0.1) is 21.5 Å². The molecule has 0 spiro atoms. The normalized spacial score (nSPS) is 12.5. The first-order valence-corrected chi connectivity index (χ1v) is 13.0. The van der Waals surface area contributed by atoms with Crippen molar-refractivity contribution in [3.8, 4) is 0 Å². The molecule has 0 saturated heterocycles. The van der Waals surface area contributed by atoms with Gasteiger partial charge in [-0.2, -0.15) is 0 Å². The standard InChI is InChI=1S/C26H26N2O3S2/c1-4-28(33(30,31)23-13-10-18(2)11-14-23)22-12-15-24-21(16-22)17-25(32-24)26(29)27-19(3)20-8-6-5-7-9-20/h5-17,19H,4H2,1-3H3,(H,27,29). The van der Waals surface area contributed by atoms with Crippen LogP contribution in [0.25, 0.3) is 10.1 Å². The quantitative estimate of drug-likeness (QED) is 0.359. The van der Waals surface area contributed by atoms with Crippen molar-refractivity contribution in [1.82, 2.24) is 5.32 Å². The van der Waals surface area contributed by atoms with Crippen LogP contribution in [-0.2, 0) is 10.0 Å². The van der Waals surface area contributed by atoms with E-state index in [0.29, 0.717) is 17.1 Å². The Morgan fingerprint density at radius 3 is 2.36 bits per heavy atom. The molecule has 1 heterocycles. The summed E-state index contributed by atoms with van der Waals surface area (Å²) in [5.74, 6) is -0.145. The molecule has 3 aromatic carbocycles. The zero-order valence-electron chi connectivity index (χ0n) is 18.8. The third kappa shape index (κ3) is 4.79. The van der Waals surface area contributed by atoms with E-state index in [4.69, 9.17) is 0 Å². The van der Waals surface area contributed by atoms with Crippen LogP contribution in [0.15, 0.2) is 83.8 Å². The summed E-state index contributed by atoms with van der Waals surface area (Å²) in [5.41, 5.74) is 2.62. The molecule has 33 heavy (non-hydrogen) atoms. The lowest BCUT2D eigenvalue weighted by atomic mass is 10.1. The Kier molecular flexibility index (Phi) is 6.54. The number of anilines is 1. The molecule has 1 aromatic heterocycles. The molecule has 4 aromatic rings. The van der Waals surface area contributed by atoms with Crippen LogP contribution in [0.2, 0.25) is 0 Å². The highest BCUT2D eigenvalue weighted by atomic mass is 32.2. The van der Waals surface area contributed by atoms with Crippen LogP contribution in [0.1, 0.15) is 40.7 Å². The largest absolute Gasteiger partial charge is 0.345 e. The van der Waals surface area contributed by atoms with Crippen molar-refractivity contribution in [3.05, 3.63) is 94.9 Å². The van der Waals surface area contributed by atoms with E-state index in [0.717, 1.165) is 21.2 Å². The second kappa shape index (κ2) is 9.37. The lowest BCUT2D eigenvalue weighted by Gasteiger charge is -2.23. The number of aryl methyl sites for hydroxylation is 1. The van der Waals surface area contributed by atoms with E-state index < -0.39 is 10.0 Å². The molecule has 0 fully saturated rings. The van der Waals surface area contributed by atoms with Gasteiger partial charge in [0.25, 0.3) is 15.9 Å². The maximum atomic E-state index is 13.2. The number of hydrogen-bond acceptors (Lipinski definition) is 4.